The van der Waals surface area contributed by atoms with Gasteiger partial charge in [0.2, 0.25) is 0 Å². The average molecular weight is 1060 g/mol. The fraction of sp³-hybridized carbons (Fsp3) is 0.278. The Hall–Kier alpha value is -6.72. The zero-order chi connectivity index (χ0) is 53.7. The fourth-order valence-corrected chi connectivity index (χ4v) is 14.0. The van der Waals surface area contributed by atoms with Crippen molar-refractivity contribution >= 4 is 70.4 Å². The Morgan fingerprint density at radius 3 is 1.42 bits per heavy atom. The quantitative estimate of drug-likeness (QED) is 0.0708. The lowest BCUT2D eigenvalue weighted by atomic mass is 9.70. The minimum Gasteiger partial charge on any atom is -0.381 e. The third kappa shape index (κ3) is 8.80. The third-order valence-electron chi connectivity index (χ3n) is 18.3. The van der Waals surface area contributed by atoms with Crippen molar-refractivity contribution < 1.29 is 4.74 Å². The van der Waals surface area contributed by atoms with Crippen LogP contribution in [0.4, 0.5) is 11.4 Å². The molecule has 8 aromatic rings. The zero-order valence-electron chi connectivity index (χ0n) is 46.6. The maximum Gasteiger partial charge on any atom is 0.0477 e. The number of rotatable bonds is 16. The molecule has 0 N–H and O–H groups in total. The number of ether oxygens (including phenoxy) is 1. The summed E-state index contributed by atoms with van der Waals surface area (Å²) in [4.78, 5) is 4.78. The van der Waals surface area contributed by atoms with E-state index in [0.717, 1.165) is 41.3 Å². The Labute approximate surface area is 461 Å². The highest BCUT2D eigenvalue weighted by Crippen LogP contribution is 2.54. The van der Waals surface area contributed by atoms with Gasteiger partial charge in [-0.15, -0.1) is 0 Å². The number of nitrogens with zero attached hydrogens (tertiary/aromatic N) is 2. The van der Waals surface area contributed by atoms with Gasteiger partial charge in [0.25, 0.3) is 0 Å². The van der Waals surface area contributed by atoms with Gasteiger partial charge in [0.15, 0.2) is 0 Å². The maximum absolute atomic E-state index is 6.95. The second-order valence-electron chi connectivity index (χ2n) is 22.6. The summed E-state index contributed by atoms with van der Waals surface area (Å²) in [5.74, 6) is 0. The molecule has 0 bridgehead atoms. The van der Waals surface area contributed by atoms with Crippen LogP contribution < -0.4 is 9.80 Å². The van der Waals surface area contributed by atoms with Crippen LogP contribution in [0.15, 0.2) is 216 Å². The van der Waals surface area contributed by atoms with Crippen molar-refractivity contribution in [1.29, 1.82) is 0 Å². The molecule has 386 valence electrons. The molecule has 8 aromatic carbocycles. The summed E-state index contributed by atoms with van der Waals surface area (Å²) >= 11 is 4.11. The molecule has 2 aliphatic heterocycles. The maximum atomic E-state index is 6.95. The number of fused-ring (bicyclic) bond motifs is 8. The van der Waals surface area contributed by atoms with Crippen LogP contribution in [-0.4, -0.2) is 27.3 Å². The highest BCUT2D eigenvalue weighted by molar-refractivity contribution is 9.11. The first-order chi connectivity index (χ1) is 36.5. The topological polar surface area (TPSA) is 15.7 Å². The van der Waals surface area contributed by atoms with Crippen molar-refractivity contribution in [2.75, 3.05) is 37.1 Å². The van der Waals surface area contributed by atoms with Crippen LogP contribution in [0.5, 0.6) is 0 Å². The van der Waals surface area contributed by atoms with Gasteiger partial charge in [0.05, 0.1) is 0 Å². The van der Waals surface area contributed by atoms with Gasteiger partial charge >= 0.3 is 0 Å². The van der Waals surface area contributed by atoms with E-state index in [0.29, 0.717) is 13.2 Å². The predicted octanol–water partition coefficient (Wildman–Crippen LogP) is 19.3. The Morgan fingerprint density at radius 2 is 0.947 bits per heavy atom. The zero-order valence-corrected chi connectivity index (χ0v) is 48.2. The van der Waals surface area contributed by atoms with Gasteiger partial charge in [-0.2, -0.15) is 0 Å². The number of hydrogen-bond acceptors (Lipinski definition) is 3. The highest BCUT2D eigenvalue weighted by atomic mass is 79.9. The molecule has 4 unspecified atom stereocenters. The van der Waals surface area contributed by atoms with Gasteiger partial charge in [-0.3, -0.25) is 0 Å². The summed E-state index contributed by atoms with van der Waals surface area (Å²) in [6.45, 7) is 29.6. The predicted molar refractivity (Wildman–Crippen MR) is 333 cm³/mol. The Morgan fingerprint density at radius 1 is 0.553 bits per heavy atom. The first-order valence-electron chi connectivity index (χ1n) is 27.4. The van der Waals surface area contributed by atoms with E-state index in [2.05, 4.69) is 271 Å². The summed E-state index contributed by atoms with van der Waals surface area (Å²) in [6, 6.07) is 53.3. The van der Waals surface area contributed by atoms with Crippen molar-refractivity contribution in [2.45, 2.75) is 103 Å². The van der Waals surface area contributed by atoms with E-state index in [-0.39, 0.29) is 10.8 Å². The second-order valence-corrected chi connectivity index (χ2v) is 23.5. The molecule has 0 saturated carbocycles. The minimum atomic E-state index is -0.459. The van der Waals surface area contributed by atoms with E-state index < -0.39 is 10.8 Å². The van der Waals surface area contributed by atoms with E-state index >= 15 is 0 Å². The van der Waals surface area contributed by atoms with Gasteiger partial charge in [0, 0.05) is 76.2 Å². The molecule has 0 saturated heterocycles. The Balaban J connectivity index is 0.951. The van der Waals surface area contributed by atoms with Crippen LogP contribution in [0.2, 0.25) is 0 Å². The summed E-state index contributed by atoms with van der Waals surface area (Å²) in [6.07, 6.45) is 14.9. The Bertz CT molecular complexity index is 3740. The number of allylic oxidation sites excluding steroid dienone is 10. The van der Waals surface area contributed by atoms with Crippen LogP contribution in [-0.2, 0) is 26.4 Å². The third-order valence-corrected chi connectivity index (χ3v) is 18.8. The fourth-order valence-electron chi connectivity index (χ4n) is 13.5. The minimum absolute atomic E-state index is 0.140. The molecule has 10 rings (SSSR count). The lowest BCUT2D eigenvalue weighted by Crippen LogP contribution is -2.29. The number of anilines is 2. The van der Waals surface area contributed by atoms with E-state index in [4.69, 9.17) is 17.9 Å². The normalized spacial score (nSPS) is 20.3. The molecule has 4 heteroatoms. The summed E-state index contributed by atoms with van der Waals surface area (Å²) in [5.41, 5.74) is 13.9. The van der Waals surface area contributed by atoms with Crippen molar-refractivity contribution in [3.05, 3.63) is 250 Å². The smallest absolute Gasteiger partial charge is 0.0477 e. The van der Waals surface area contributed by atoms with Crippen molar-refractivity contribution in [1.82, 2.24) is 0 Å². The number of likely N-dealkylation sites (N-methyl/N-ethyl adjacent to an activating group) is 2. The SMILES string of the molecule is C=C(C=CC=C1N(C)c2ccc3ccccc3c2C1(C)CC)C(C)(CCOCCC(C)(C(=C)/C=C(\Br)C=C1N(C)c2ccc3ccccc3c2C1(C)CC)c1c(C)ccc2ccccc12)c1c(C)ccc2ccccc12. The summed E-state index contributed by atoms with van der Waals surface area (Å²) < 4.78 is 7.95. The lowest BCUT2D eigenvalue weighted by Gasteiger charge is -2.36. The lowest BCUT2D eigenvalue weighted by molar-refractivity contribution is 0.108. The molecule has 2 heterocycles. The van der Waals surface area contributed by atoms with Gasteiger partial charge in [0.1, 0.15) is 0 Å². The molecule has 76 heavy (non-hydrogen) atoms. The van der Waals surface area contributed by atoms with Crippen LogP contribution in [0.25, 0.3) is 43.1 Å². The summed E-state index contributed by atoms with van der Waals surface area (Å²) in [7, 11) is 4.43. The second kappa shape index (κ2) is 20.7. The summed E-state index contributed by atoms with van der Waals surface area (Å²) in [5, 5.41) is 10.2. The average Bonchev–Trinajstić information content (AvgIpc) is 3.91. The van der Waals surface area contributed by atoms with Crippen molar-refractivity contribution in [3.8, 4) is 0 Å². The first kappa shape index (κ1) is 52.7. The molecule has 0 spiro atoms. The Kier molecular flexibility index (Phi) is 14.3. The number of benzene rings is 8. The number of hydrogen-bond donors (Lipinski definition) is 0. The largest absolute Gasteiger partial charge is 0.381 e. The molecule has 4 atom stereocenters. The molecule has 0 radical (unpaired) electrons. The van der Waals surface area contributed by atoms with E-state index in [1.807, 2.05) is 0 Å². The van der Waals surface area contributed by atoms with E-state index in [9.17, 15) is 0 Å². The van der Waals surface area contributed by atoms with Gasteiger partial charge in [-0.1, -0.05) is 202 Å². The first-order valence-corrected chi connectivity index (χ1v) is 28.2. The molecule has 0 aliphatic carbocycles. The molecule has 0 amide bonds. The van der Waals surface area contributed by atoms with Crippen molar-refractivity contribution in [2.24, 2.45) is 0 Å². The molecule has 3 nitrogen and oxygen atoms in total. The van der Waals surface area contributed by atoms with Crippen molar-refractivity contribution in [3.63, 3.8) is 0 Å². The number of aryl methyl sites for hydroxylation is 2. The number of halogens is 1. The van der Waals surface area contributed by atoms with Crippen LogP contribution in [0.1, 0.15) is 101 Å². The van der Waals surface area contributed by atoms with Crippen LogP contribution in [0.3, 0.4) is 0 Å². The molecule has 0 aromatic heterocycles. The molecular weight excluding hydrogens is 989 g/mol. The molecular formula is C72H75BrN2O. The molecule has 0 fully saturated rings. The molecule has 2 aliphatic rings. The van der Waals surface area contributed by atoms with E-state index in [1.165, 1.54) is 99.2 Å². The van der Waals surface area contributed by atoms with E-state index in [1.54, 1.807) is 0 Å². The van der Waals surface area contributed by atoms with Gasteiger partial charge in [-0.05, 0) is 171 Å². The van der Waals surface area contributed by atoms with Crippen LogP contribution in [0, 0.1) is 13.8 Å². The highest BCUT2D eigenvalue weighted by Gasteiger charge is 2.44. The standard InChI is InChI=1S/C72H75BrN2O/c1-13-69(7)63(74(11)61-40-38-54-27-17-21-31-59(54)67(61)69)33-23-24-50(5)71(9,65-48(3)34-36-52-25-15-19-29-57(52)65)42-44-76-45-43-72(10,66-49(4)35-37-53-26-16-20-30-58(53)66)51(6)46-56(73)47-64-70(8,14-2)68-60-32-22-18-28-55(60)39-41-62(68)75(64)12/h15-41,46-47H,5-6,13-14,42-45H2,1-4,7-12H3/b24-23?,56-46-,63-33?,64-47?. The monoisotopic (exact) mass is 1060 g/mol. The van der Waals surface area contributed by atoms with Gasteiger partial charge < -0.3 is 14.5 Å². The van der Waals surface area contributed by atoms with Gasteiger partial charge in [-0.25, -0.2) is 0 Å². The van der Waals surface area contributed by atoms with Crippen LogP contribution >= 0.6 is 15.9 Å².